The number of nitrogens with two attached hydrogens (primary N) is 2. The lowest BCUT2D eigenvalue weighted by Gasteiger charge is -1.98. The Balaban J connectivity index is 0.000000183. The van der Waals surface area contributed by atoms with Gasteiger partial charge < -0.3 is 11.5 Å². The van der Waals surface area contributed by atoms with E-state index in [0.29, 0.717) is 27.8 Å². The highest BCUT2D eigenvalue weighted by Gasteiger charge is 1.98. The number of nitrogens with zero attached hydrogens (tertiary/aromatic N) is 7. The van der Waals surface area contributed by atoms with Crippen LogP contribution in [0, 0.1) is 13.8 Å². The molecule has 0 aliphatic rings. The van der Waals surface area contributed by atoms with Crippen LogP contribution in [0.25, 0.3) is 5.69 Å². The van der Waals surface area contributed by atoms with Crippen molar-refractivity contribution in [2.24, 2.45) is 0 Å². The van der Waals surface area contributed by atoms with Crippen molar-refractivity contribution in [1.82, 2.24) is 39.9 Å². The summed E-state index contributed by atoms with van der Waals surface area (Å²) >= 11 is 3.01. The van der Waals surface area contributed by atoms with Gasteiger partial charge in [-0.1, -0.05) is 0 Å². The molecule has 0 radical (unpaired) electrons. The lowest BCUT2D eigenvalue weighted by Crippen LogP contribution is -1.98. The van der Waals surface area contributed by atoms with Crippen LogP contribution in [0.15, 0.2) is 53.7 Å². The Bertz CT molecular complexity index is 1100. The lowest BCUT2D eigenvalue weighted by molar-refractivity contribution is 0.861. The molecule has 0 aromatic carbocycles. The molecule has 0 bridgehead atoms. The van der Waals surface area contributed by atoms with Crippen LogP contribution < -0.4 is 11.5 Å². The number of aryl methyl sites for hydroxylation is 2. The summed E-state index contributed by atoms with van der Waals surface area (Å²) in [7, 11) is 0. The minimum absolute atomic E-state index is 0.0319. The average Bonchev–Trinajstić information content (AvgIpc) is 3.31. The van der Waals surface area contributed by atoms with Gasteiger partial charge in [-0.25, -0.2) is 24.6 Å². The van der Waals surface area contributed by atoms with Gasteiger partial charge in [0.05, 0.1) is 28.5 Å². The van der Waals surface area contributed by atoms with E-state index in [-0.39, 0.29) is 30.4 Å². The maximum absolute atomic E-state index is 7.63. The lowest BCUT2D eigenvalue weighted by atomic mass is 10.5. The number of hydrogen-bond donors (Lipinski definition) is 3. The van der Waals surface area contributed by atoms with Gasteiger partial charge in [-0.15, -0.1) is 0 Å². The van der Waals surface area contributed by atoms with Crippen molar-refractivity contribution in [1.29, 1.82) is 0 Å². The van der Waals surface area contributed by atoms with Gasteiger partial charge in [0, 0.05) is 24.6 Å². The summed E-state index contributed by atoms with van der Waals surface area (Å²) in [6, 6.07) is 3.28. The molecule has 0 saturated heterocycles. The zero-order valence-electron chi connectivity index (χ0n) is 18.5. The Morgan fingerprint density at radius 1 is 1.00 bits per heavy atom. The van der Waals surface area contributed by atoms with Crippen molar-refractivity contribution >= 4 is 27.6 Å². The summed E-state index contributed by atoms with van der Waals surface area (Å²) < 4.78 is 31.3. The summed E-state index contributed by atoms with van der Waals surface area (Å²) in [5, 5.41) is 10.0. The molecule has 10 nitrogen and oxygen atoms in total. The molecule has 4 rings (SSSR count). The summed E-state index contributed by atoms with van der Waals surface area (Å²) in [5.41, 5.74) is 10.8. The van der Waals surface area contributed by atoms with E-state index >= 15 is 0 Å². The summed E-state index contributed by atoms with van der Waals surface area (Å²) in [4.78, 5) is 15.2. The third kappa shape index (κ3) is 7.20. The van der Waals surface area contributed by atoms with Crippen LogP contribution in [0.5, 0.6) is 0 Å². The molecule has 11 heteroatoms. The highest BCUT2D eigenvalue weighted by atomic mass is 79.9. The third-order valence-corrected chi connectivity index (χ3v) is 2.99. The van der Waals surface area contributed by atoms with Crippen molar-refractivity contribution in [2.45, 2.75) is 13.8 Å². The molecular formula is C16H19BrN10. The van der Waals surface area contributed by atoms with Crippen LogP contribution in [-0.2, 0) is 0 Å². The Labute approximate surface area is 169 Å². The number of H-pyrrole nitrogens is 1. The molecule has 140 valence electrons. The normalized spacial score (nSPS) is 11.7. The molecule has 27 heavy (non-hydrogen) atoms. The fourth-order valence-corrected chi connectivity index (χ4v) is 1.64. The van der Waals surface area contributed by atoms with E-state index in [2.05, 4.69) is 51.2 Å². The molecular weight excluding hydrogens is 412 g/mol. The van der Waals surface area contributed by atoms with Crippen molar-refractivity contribution in [3.8, 4) is 5.69 Å². The molecule has 4 aromatic heterocycles. The number of nitrogens with one attached hydrogen (secondary N) is 1. The molecule has 0 spiro atoms. The molecule has 5 N–H and O–H groups in total. The van der Waals surface area contributed by atoms with E-state index < -0.39 is 0 Å². The van der Waals surface area contributed by atoms with Crippen LogP contribution >= 0.6 is 15.9 Å². The largest absolute Gasteiger partial charge is 0.384 e. The molecule has 0 aliphatic heterocycles. The smallest absolute Gasteiger partial charge is 0.145 e. The van der Waals surface area contributed by atoms with Crippen molar-refractivity contribution in [3.63, 3.8) is 0 Å². The summed E-state index contributed by atoms with van der Waals surface area (Å²) in [6.07, 6.45) is 3.25. The standard InChI is InChI=1S/C8H9N5.C5H5BrN2.C3H5N3/c1-6-10-4-7(5-11-6)13-3-2-8(9)12-13;1-4-7-2-5(6)3-8-4;4-3-1-2-5-6-3/h2-5H,1H3,(H2,9,12);2-3H,1H3;1-2H,(H3,4,5,6)/i4D,5D;2D,3D;. The first-order valence-corrected chi connectivity index (χ1v) is 8.23. The van der Waals surface area contributed by atoms with Gasteiger partial charge in [-0.3, -0.25) is 5.10 Å². The van der Waals surface area contributed by atoms with E-state index in [1.807, 2.05) is 0 Å². The zero-order valence-corrected chi connectivity index (χ0v) is 16.1. The van der Waals surface area contributed by atoms with E-state index in [9.17, 15) is 0 Å². The minimum Gasteiger partial charge on any atom is -0.384 e. The first kappa shape index (κ1) is 14.8. The van der Waals surface area contributed by atoms with Crippen LogP contribution in [0.3, 0.4) is 0 Å². The monoisotopic (exact) mass is 434 g/mol. The number of halogens is 1. The maximum Gasteiger partial charge on any atom is 0.145 e. The second-order valence-electron chi connectivity index (χ2n) is 4.85. The van der Waals surface area contributed by atoms with E-state index in [0.717, 1.165) is 0 Å². The number of rotatable bonds is 1. The van der Waals surface area contributed by atoms with Gasteiger partial charge >= 0.3 is 0 Å². The Morgan fingerprint density at radius 2 is 1.59 bits per heavy atom. The Kier molecular flexibility index (Phi) is 5.46. The SMILES string of the molecule is Nc1ccn[nH]1.[2H]c1nc(C)nc([2H])c1-n1ccc(N)n1.[2H]c1nc(C)nc([2H])c1Br. The topological polar surface area (TPSA) is 150 Å². The van der Waals surface area contributed by atoms with Gasteiger partial charge in [-0.2, -0.15) is 10.2 Å². The molecule has 0 atom stereocenters. The number of aromatic amines is 1. The fraction of sp³-hybridized carbons (Fsp3) is 0.125. The summed E-state index contributed by atoms with van der Waals surface area (Å²) in [6.45, 7) is 3.29. The number of anilines is 2. The van der Waals surface area contributed by atoms with E-state index in [1.54, 1.807) is 38.4 Å². The highest BCUT2D eigenvalue weighted by molar-refractivity contribution is 9.10. The van der Waals surface area contributed by atoms with Crippen LogP contribution in [-0.4, -0.2) is 39.9 Å². The first-order valence-electron chi connectivity index (χ1n) is 9.44. The average molecular weight is 435 g/mol. The Morgan fingerprint density at radius 3 is 2.00 bits per heavy atom. The number of aromatic nitrogens is 8. The van der Waals surface area contributed by atoms with Gasteiger partial charge in [-0.05, 0) is 35.8 Å². The van der Waals surface area contributed by atoms with Crippen LogP contribution in [0.1, 0.15) is 17.1 Å². The second-order valence-corrected chi connectivity index (χ2v) is 5.64. The van der Waals surface area contributed by atoms with Gasteiger partial charge in [0.25, 0.3) is 0 Å². The molecule has 0 unspecified atom stereocenters. The number of hydrogen-bond acceptors (Lipinski definition) is 8. The van der Waals surface area contributed by atoms with Crippen LogP contribution in [0.4, 0.5) is 11.6 Å². The van der Waals surface area contributed by atoms with Gasteiger partial charge in [0.15, 0.2) is 0 Å². The summed E-state index contributed by atoms with van der Waals surface area (Å²) in [5.74, 6) is 1.79. The Hall–Kier alpha value is -3.34. The zero-order chi connectivity index (χ0) is 23.1. The fourth-order valence-electron chi connectivity index (χ4n) is 1.46. The maximum atomic E-state index is 7.63. The van der Waals surface area contributed by atoms with Gasteiger partial charge in [0.2, 0.25) is 0 Å². The first-order chi connectivity index (χ1) is 14.6. The molecule has 0 fully saturated rings. The predicted octanol–water partition coefficient (Wildman–Crippen LogP) is 2.09. The molecule has 0 amide bonds. The predicted molar refractivity (Wildman–Crippen MR) is 106 cm³/mol. The second kappa shape index (κ2) is 9.97. The molecule has 4 aromatic rings. The van der Waals surface area contributed by atoms with E-state index in [1.165, 1.54) is 4.68 Å². The van der Waals surface area contributed by atoms with Gasteiger partial charge in [0.1, 0.15) is 29.0 Å². The van der Waals surface area contributed by atoms with E-state index in [4.69, 9.17) is 17.0 Å². The number of nitrogen functional groups attached to an aromatic ring is 2. The minimum atomic E-state index is -0.0319. The van der Waals surface area contributed by atoms with Crippen molar-refractivity contribution in [3.05, 3.63) is 65.3 Å². The molecule has 0 saturated carbocycles. The van der Waals surface area contributed by atoms with Crippen molar-refractivity contribution in [2.75, 3.05) is 11.5 Å². The molecule has 0 aliphatic carbocycles. The molecule has 4 heterocycles. The quantitative estimate of drug-likeness (QED) is 0.411. The highest BCUT2D eigenvalue weighted by Crippen LogP contribution is 2.05. The van der Waals surface area contributed by atoms with Crippen LogP contribution in [0.2, 0.25) is 0 Å². The third-order valence-electron chi connectivity index (χ3n) is 2.64. The van der Waals surface area contributed by atoms with Crippen molar-refractivity contribution < 1.29 is 5.48 Å².